The van der Waals surface area contributed by atoms with Gasteiger partial charge in [0.1, 0.15) is 18.0 Å². The Kier molecular flexibility index (Phi) is 7.12. The molecule has 0 unspecified atom stereocenters. The zero-order chi connectivity index (χ0) is 23.2. The average Bonchev–Trinajstić information content (AvgIpc) is 3.15. The molecule has 8 nitrogen and oxygen atoms in total. The van der Waals surface area contributed by atoms with Crippen molar-refractivity contribution in [3.63, 3.8) is 0 Å². The van der Waals surface area contributed by atoms with Gasteiger partial charge in [0.2, 0.25) is 5.91 Å². The van der Waals surface area contributed by atoms with Gasteiger partial charge in [-0.1, -0.05) is 24.6 Å². The fraction of sp³-hybridized carbons (Fsp3) is 0.400. The quantitative estimate of drug-likeness (QED) is 0.600. The third-order valence-electron chi connectivity index (χ3n) is 5.98. The van der Waals surface area contributed by atoms with Crippen molar-refractivity contribution in [1.82, 2.24) is 15.5 Å². The highest BCUT2D eigenvalue weighted by Crippen LogP contribution is 2.24. The van der Waals surface area contributed by atoms with Crippen LogP contribution in [0.15, 0.2) is 42.5 Å². The molecule has 1 aliphatic heterocycles. The molecular formula is C25H29N3O5. The number of benzene rings is 2. The molecule has 1 saturated heterocycles. The van der Waals surface area contributed by atoms with E-state index in [2.05, 4.69) is 10.6 Å². The first kappa shape index (κ1) is 22.6. The lowest BCUT2D eigenvalue weighted by atomic mass is 9.98. The van der Waals surface area contributed by atoms with E-state index in [0.29, 0.717) is 24.0 Å². The van der Waals surface area contributed by atoms with Crippen LogP contribution in [0.3, 0.4) is 0 Å². The summed E-state index contributed by atoms with van der Waals surface area (Å²) in [6.07, 6.45) is 6.26. The largest absolute Gasteiger partial charge is 0.496 e. The van der Waals surface area contributed by atoms with E-state index in [4.69, 9.17) is 9.47 Å². The molecule has 0 spiro atoms. The third-order valence-corrected chi connectivity index (χ3v) is 5.98. The molecule has 4 amide bonds. The molecule has 1 saturated carbocycles. The molecule has 2 aromatic rings. The predicted molar refractivity (Wildman–Crippen MR) is 122 cm³/mol. The van der Waals surface area contributed by atoms with E-state index >= 15 is 0 Å². The van der Waals surface area contributed by atoms with Gasteiger partial charge in [-0.2, -0.15) is 0 Å². The van der Waals surface area contributed by atoms with Gasteiger partial charge in [0.05, 0.1) is 18.8 Å². The fourth-order valence-electron chi connectivity index (χ4n) is 4.20. The second-order valence-corrected chi connectivity index (χ2v) is 8.45. The van der Waals surface area contributed by atoms with Gasteiger partial charge >= 0.3 is 6.03 Å². The lowest BCUT2D eigenvalue weighted by molar-refractivity contribution is -0.118. The van der Waals surface area contributed by atoms with Crippen molar-refractivity contribution in [2.75, 3.05) is 13.7 Å². The molecule has 2 N–H and O–H groups in total. The molecule has 0 bridgehead atoms. The molecule has 0 atom stereocenters. The molecule has 1 aliphatic carbocycles. The molecule has 174 valence electrons. The second kappa shape index (κ2) is 10.4. The van der Waals surface area contributed by atoms with Crippen molar-refractivity contribution in [2.24, 2.45) is 0 Å². The van der Waals surface area contributed by atoms with E-state index in [1.165, 1.54) is 31.3 Å². The van der Waals surface area contributed by atoms with Gasteiger partial charge < -0.3 is 19.7 Å². The number of amides is 4. The van der Waals surface area contributed by atoms with Crippen LogP contribution < -0.4 is 20.1 Å². The number of imide groups is 1. The Morgan fingerprint density at radius 3 is 2.45 bits per heavy atom. The molecule has 1 heterocycles. The van der Waals surface area contributed by atoms with Gasteiger partial charge in [0, 0.05) is 13.1 Å². The normalized spacial score (nSPS) is 16.5. The number of carbonyl (C=O) groups is 3. The first-order valence-electron chi connectivity index (χ1n) is 11.3. The van der Waals surface area contributed by atoms with Gasteiger partial charge in [0.15, 0.2) is 0 Å². The van der Waals surface area contributed by atoms with Crippen LogP contribution in [-0.2, 0) is 17.9 Å². The molecule has 0 radical (unpaired) electrons. The average molecular weight is 452 g/mol. The maximum absolute atomic E-state index is 12.9. The molecule has 2 aromatic carbocycles. The van der Waals surface area contributed by atoms with Gasteiger partial charge in [-0.25, -0.2) is 4.79 Å². The summed E-state index contributed by atoms with van der Waals surface area (Å²) in [6.45, 7) is 0.593. The molecule has 4 rings (SSSR count). The Balaban J connectivity index is 1.36. The van der Waals surface area contributed by atoms with Crippen molar-refractivity contribution >= 4 is 17.8 Å². The van der Waals surface area contributed by atoms with Crippen LogP contribution in [0.5, 0.6) is 11.5 Å². The summed E-state index contributed by atoms with van der Waals surface area (Å²) in [5.41, 5.74) is 2.06. The minimum atomic E-state index is -0.433. The van der Waals surface area contributed by atoms with E-state index in [1.807, 2.05) is 24.3 Å². The van der Waals surface area contributed by atoms with Gasteiger partial charge in [-0.3, -0.25) is 14.9 Å². The van der Waals surface area contributed by atoms with Crippen LogP contribution in [0.2, 0.25) is 0 Å². The van der Waals surface area contributed by atoms with E-state index < -0.39 is 6.03 Å². The maximum atomic E-state index is 12.9. The Morgan fingerprint density at radius 1 is 1.06 bits per heavy atom. The number of nitrogens with zero attached hydrogens (tertiary/aromatic N) is 1. The van der Waals surface area contributed by atoms with Crippen molar-refractivity contribution in [3.05, 3.63) is 59.2 Å². The molecule has 2 fully saturated rings. The van der Waals surface area contributed by atoms with Crippen LogP contribution in [0.1, 0.15) is 53.6 Å². The van der Waals surface area contributed by atoms with E-state index in [9.17, 15) is 14.4 Å². The van der Waals surface area contributed by atoms with Crippen molar-refractivity contribution in [1.29, 1.82) is 0 Å². The highest BCUT2D eigenvalue weighted by molar-refractivity contribution is 6.02. The monoisotopic (exact) mass is 451 g/mol. The van der Waals surface area contributed by atoms with Gasteiger partial charge in [0.25, 0.3) is 5.91 Å². The van der Waals surface area contributed by atoms with Crippen molar-refractivity contribution in [2.45, 2.75) is 51.3 Å². The van der Waals surface area contributed by atoms with E-state index in [0.717, 1.165) is 29.7 Å². The van der Waals surface area contributed by atoms with Gasteiger partial charge in [-0.05, 0) is 61.1 Å². The van der Waals surface area contributed by atoms with E-state index in [-0.39, 0.29) is 24.9 Å². The van der Waals surface area contributed by atoms with Crippen LogP contribution >= 0.6 is 0 Å². The number of hydrogen-bond donors (Lipinski definition) is 2. The lowest BCUT2D eigenvalue weighted by Gasteiger charge is -2.23. The number of rotatable bonds is 8. The lowest BCUT2D eigenvalue weighted by Crippen LogP contribution is -2.28. The summed E-state index contributed by atoms with van der Waals surface area (Å²) in [4.78, 5) is 37.5. The standard InChI is InChI=1S/C25H29N3O5/c1-32-22-12-9-18(15-28-16-23(29)27-25(28)31)13-21(22)24(30)26-14-17-7-10-20(11-8-17)33-19-5-3-2-4-6-19/h7-13,19H,2-6,14-16H2,1H3,(H,26,30)(H,27,29,31). The highest BCUT2D eigenvalue weighted by atomic mass is 16.5. The van der Waals surface area contributed by atoms with Gasteiger partial charge in [-0.15, -0.1) is 0 Å². The molecule has 33 heavy (non-hydrogen) atoms. The third kappa shape index (κ3) is 5.83. The molecule has 8 heteroatoms. The maximum Gasteiger partial charge on any atom is 0.324 e. The van der Waals surface area contributed by atoms with Crippen molar-refractivity contribution in [3.8, 4) is 11.5 Å². The zero-order valence-electron chi connectivity index (χ0n) is 18.8. The number of urea groups is 1. The Morgan fingerprint density at radius 2 is 1.79 bits per heavy atom. The number of carbonyl (C=O) groups excluding carboxylic acids is 3. The smallest absolute Gasteiger partial charge is 0.324 e. The second-order valence-electron chi connectivity index (χ2n) is 8.45. The Labute approximate surface area is 193 Å². The van der Waals surface area contributed by atoms with Crippen LogP contribution in [0.4, 0.5) is 4.79 Å². The minimum Gasteiger partial charge on any atom is -0.496 e. The number of nitrogens with one attached hydrogen (secondary N) is 2. The first-order chi connectivity index (χ1) is 16.0. The first-order valence-corrected chi connectivity index (χ1v) is 11.3. The summed E-state index contributed by atoms with van der Waals surface area (Å²) in [6, 6.07) is 12.5. The minimum absolute atomic E-state index is 0.00679. The van der Waals surface area contributed by atoms with Crippen LogP contribution in [-0.4, -0.2) is 42.5 Å². The summed E-state index contributed by atoms with van der Waals surface area (Å²) >= 11 is 0. The summed E-state index contributed by atoms with van der Waals surface area (Å²) in [7, 11) is 1.50. The number of hydrogen-bond acceptors (Lipinski definition) is 5. The zero-order valence-corrected chi connectivity index (χ0v) is 18.8. The molecule has 0 aromatic heterocycles. The van der Waals surface area contributed by atoms with Crippen LogP contribution in [0, 0.1) is 0 Å². The molecule has 2 aliphatic rings. The number of methoxy groups -OCH3 is 1. The number of ether oxygens (including phenoxy) is 2. The fourth-order valence-corrected chi connectivity index (χ4v) is 4.20. The predicted octanol–water partition coefficient (Wildman–Crippen LogP) is 3.39. The van der Waals surface area contributed by atoms with Crippen molar-refractivity contribution < 1.29 is 23.9 Å². The summed E-state index contributed by atoms with van der Waals surface area (Å²) in [5, 5.41) is 5.17. The highest BCUT2D eigenvalue weighted by Gasteiger charge is 2.27. The van der Waals surface area contributed by atoms with E-state index in [1.54, 1.807) is 18.2 Å². The summed E-state index contributed by atoms with van der Waals surface area (Å²) < 4.78 is 11.4. The molecular weight excluding hydrogens is 422 g/mol. The van der Waals surface area contributed by atoms with Crippen LogP contribution in [0.25, 0.3) is 0 Å². The Bertz CT molecular complexity index is 1020. The Hall–Kier alpha value is -3.55. The SMILES string of the molecule is COc1ccc(CN2CC(=O)NC2=O)cc1C(=O)NCc1ccc(OC2CCCCC2)cc1. The summed E-state index contributed by atoms with van der Waals surface area (Å²) in [5.74, 6) is 0.685. The topological polar surface area (TPSA) is 97.0 Å².